The fourth-order valence-electron chi connectivity index (χ4n) is 7.37. The van der Waals surface area contributed by atoms with Crippen LogP contribution in [-0.2, 0) is 14.4 Å². The van der Waals surface area contributed by atoms with E-state index in [0.29, 0.717) is 31.7 Å². The lowest BCUT2D eigenvalue weighted by Crippen LogP contribution is -2.71. The van der Waals surface area contributed by atoms with Gasteiger partial charge in [-0.2, -0.15) is 0 Å². The highest BCUT2D eigenvalue weighted by Crippen LogP contribution is 2.73. The van der Waals surface area contributed by atoms with Gasteiger partial charge in [0, 0.05) is 35.1 Å². The molecule has 0 unspecified atom stereocenters. The largest absolute Gasteiger partial charge is 0.477 e. The molecule has 3 amide bonds. The summed E-state index contributed by atoms with van der Waals surface area (Å²) in [4.78, 5) is 52.5. The maximum absolute atomic E-state index is 14.1. The summed E-state index contributed by atoms with van der Waals surface area (Å²) in [5.41, 5.74) is 3.62. The molecule has 0 radical (unpaired) electrons. The third-order valence-corrected chi connectivity index (χ3v) is 11.3. The van der Waals surface area contributed by atoms with Crippen LogP contribution in [0.5, 0.6) is 5.88 Å². The monoisotopic (exact) mass is 723 g/mol. The second kappa shape index (κ2) is 12.6. The maximum atomic E-state index is 14.1. The van der Waals surface area contributed by atoms with E-state index in [2.05, 4.69) is 36.5 Å². The number of nitrogens with zero attached hydrogens (tertiary/aromatic N) is 3. The third kappa shape index (κ3) is 6.69. The number of aliphatic hydroxyl groups is 1. The van der Waals surface area contributed by atoms with Gasteiger partial charge in [0.05, 0.1) is 40.2 Å². The SMILES string of the molecule is Cc1ncsc1-c1ccc([C@H](C)NC(=O)[C@@H]2C[C@@H](O)CN2C(=O)[C@@H](NC(=O)C23CC(COc4ccc(Br)cn4)(C2)C3)C(C)(C)C)cc1. The molecule has 4 fully saturated rings. The van der Waals surface area contributed by atoms with E-state index in [1.165, 1.54) is 4.90 Å². The molecule has 1 aromatic carbocycles. The Bertz CT molecular complexity index is 1630. The standard InChI is InChI=1S/C35H42BrN5O5S/c1-20(22-6-8-23(9-7-22)28-21(2)38-19-47-28)39-30(43)26-12-25(42)14-41(26)31(44)29(33(3,4)5)40-32(45)35-15-34(16-35,17-35)18-46-27-11-10-24(36)13-37-27/h6-11,13,19-20,25-26,29,42H,12,14-18H2,1-5H3,(H,39,43)(H,40,45)/t20-,25+,26-,29+,34?,35?/m0/s1. The molecule has 2 aromatic heterocycles. The van der Waals surface area contributed by atoms with Crippen molar-refractivity contribution in [2.75, 3.05) is 13.2 Å². The highest BCUT2D eigenvalue weighted by molar-refractivity contribution is 9.10. The van der Waals surface area contributed by atoms with Crippen LogP contribution in [0.3, 0.4) is 0 Å². The maximum Gasteiger partial charge on any atom is 0.246 e. The number of benzene rings is 1. The van der Waals surface area contributed by atoms with Crippen LogP contribution >= 0.6 is 27.3 Å². The summed E-state index contributed by atoms with van der Waals surface area (Å²) in [6.45, 7) is 10.1. The number of hydrogen-bond acceptors (Lipinski definition) is 8. The Balaban J connectivity index is 1.07. The summed E-state index contributed by atoms with van der Waals surface area (Å²) >= 11 is 4.96. The van der Waals surface area contributed by atoms with Crippen LogP contribution in [-0.4, -0.2) is 69.0 Å². The molecule has 0 spiro atoms. The van der Waals surface area contributed by atoms with Gasteiger partial charge in [-0.05, 0) is 71.6 Å². The van der Waals surface area contributed by atoms with Gasteiger partial charge in [0.15, 0.2) is 0 Å². The zero-order valence-corrected chi connectivity index (χ0v) is 29.8. The topological polar surface area (TPSA) is 134 Å². The number of likely N-dealkylation sites (tertiary alicyclic amines) is 1. The molecule has 3 aromatic rings. The van der Waals surface area contributed by atoms with Crippen LogP contribution in [0.15, 0.2) is 52.6 Å². The first-order valence-electron chi connectivity index (χ1n) is 16.0. The van der Waals surface area contributed by atoms with Gasteiger partial charge >= 0.3 is 0 Å². The molecule has 3 aliphatic carbocycles. The average Bonchev–Trinajstić information content (AvgIpc) is 3.59. The smallest absolute Gasteiger partial charge is 0.246 e. The molecule has 4 atom stereocenters. The van der Waals surface area contributed by atoms with Crippen LogP contribution in [0.1, 0.15) is 70.7 Å². The van der Waals surface area contributed by atoms with Gasteiger partial charge < -0.3 is 25.4 Å². The van der Waals surface area contributed by atoms with Gasteiger partial charge in [0.1, 0.15) is 12.1 Å². The van der Waals surface area contributed by atoms with Crippen molar-refractivity contribution in [3.8, 4) is 16.3 Å². The number of carbonyl (C=O) groups is 3. The summed E-state index contributed by atoms with van der Waals surface area (Å²) < 4.78 is 6.79. The number of hydrogen-bond donors (Lipinski definition) is 3. The molecule has 12 heteroatoms. The van der Waals surface area contributed by atoms with Crippen molar-refractivity contribution in [3.63, 3.8) is 0 Å². The number of aryl methyl sites for hydroxylation is 1. The van der Waals surface area contributed by atoms with Gasteiger partial charge in [-0.25, -0.2) is 9.97 Å². The molecule has 250 valence electrons. The molecule has 2 bridgehead atoms. The zero-order chi connectivity index (χ0) is 33.7. The van der Waals surface area contributed by atoms with E-state index in [-0.39, 0.29) is 42.1 Å². The Kier molecular flexibility index (Phi) is 8.99. The average molecular weight is 725 g/mol. The second-order valence-corrected chi connectivity index (χ2v) is 16.5. The third-order valence-electron chi connectivity index (χ3n) is 9.88. The summed E-state index contributed by atoms with van der Waals surface area (Å²) in [5.74, 6) is -0.271. The van der Waals surface area contributed by atoms with E-state index in [9.17, 15) is 19.5 Å². The highest BCUT2D eigenvalue weighted by atomic mass is 79.9. The fraction of sp³-hybridized carbons (Fsp3) is 0.514. The number of amides is 3. The molecule has 3 saturated carbocycles. The Hall–Kier alpha value is -3.35. The van der Waals surface area contributed by atoms with Crippen molar-refractivity contribution in [2.45, 2.75) is 84.5 Å². The van der Waals surface area contributed by atoms with Crippen LogP contribution in [0, 0.1) is 23.2 Å². The molecule has 10 nitrogen and oxygen atoms in total. The van der Waals surface area contributed by atoms with Crippen molar-refractivity contribution in [1.82, 2.24) is 25.5 Å². The first-order chi connectivity index (χ1) is 22.2. The van der Waals surface area contributed by atoms with Crippen molar-refractivity contribution in [3.05, 3.63) is 63.8 Å². The number of aliphatic hydroxyl groups excluding tert-OH is 1. The zero-order valence-electron chi connectivity index (χ0n) is 27.4. The van der Waals surface area contributed by atoms with Crippen LogP contribution < -0.4 is 15.4 Å². The number of rotatable bonds is 10. The van der Waals surface area contributed by atoms with Crippen molar-refractivity contribution in [2.24, 2.45) is 16.2 Å². The number of carbonyl (C=O) groups excluding carboxylic acids is 3. The van der Waals surface area contributed by atoms with E-state index >= 15 is 0 Å². The molecule has 1 aliphatic heterocycles. The quantitative estimate of drug-likeness (QED) is 0.262. The van der Waals surface area contributed by atoms with Gasteiger partial charge in [0.2, 0.25) is 23.6 Å². The van der Waals surface area contributed by atoms with Crippen molar-refractivity contribution < 1.29 is 24.2 Å². The molecule has 47 heavy (non-hydrogen) atoms. The Morgan fingerprint density at radius 3 is 2.40 bits per heavy atom. The highest BCUT2D eigenvalue weighted by Gasteiger charge is 2.72. The molecule has 1 saturated heterocycles. The number of nitrogens with one attached hydrogen (secondary N) is 2. The van der Waals surface area contributed by atoms with Gasteiger partial charge in [-0.15, -0.1) is 11.3 Å². The Morgan fingerprint density at radius 1 is 1.11 bits per heavy atom. The molecular weight excluding hydrogens is 682 g/mol. The van der Waals surface area contributed by atoms with Gasteiger partial charge in [0.25, 0.3) is 0 Å². The summed E-state index contributed by atoms with van der Waals surface area (Å²) in [7, 11) is 0. The van der Waals surface area contributed by atoms with Crippen LogP contribution in [0.4, 0.5) is 0 Å². The Labute approximate surface area is 287 Å². The van der Waals surface area contributed by atoms with Crippen LogP contribution in [0.2, 0.25) is 0 Å². The first kappa shape index (κ1) is 33.5. The van der Waals surface area contributed by atoms with E-state index in [4.69, 9.17) is 4.74 Å². The predicted molar refractivity (Wildman–Crippen MR) is 183 cm³/mol. The number of aromatic nitrogens is 2. The molecular formula is C35H42BrN5O5S. The minimum absolute atomic E-state index is 0.0341. The normalized spacial score (nSPS) is 26.1. The summed E-state index contributed by atoms with van der Waals surface area (Å²) in [6, 6.07) is 9.67. The Morgan fingerprint density at radius 2 is 1.81 bits per heavy atom. The summed E-state index contributed by atoms with van der Waals surface area (Å²) in [5, 5.41) is 16.7. The van der Waals surface area contributed by atoms with E-state index in [0.717, 1.165) is 26.2 Å². The second-order valence-electron chi connectivity index (χ2n) is 14.7. The number of β-amino-alcohol motifs (C(OH)–C–C–N with tert-alkyl or cyclic N) is 1. The predicted octanol–water partition coefficient (Wildman–Crippen LogP) is 5.20. The van der Waals surface area contributed by atoms with Crippen molar-refractivity contribution in [1.29, 1.82) is 0 Å². The first-order valence-corrected chi connectivity index (χ1v) is 17.7. The molecule has 4 aliphatic rings. The molecule has 3 N–H and O–H groups in total. The number of thiazole rings is 1. The van der Waals surface area contributed by atoms with Crippen molar-refractivity contribution >= 4 is 45.0 Å². The molecule has 3 heterocycles. The van der Waals surface area contributed by atoms with E-state index in [1.54, 1.807) is 17.5 Å². The van der Waals surface area contributed by atoms with Gasteiger partial charge in [-0.3, -0.25) is 14.4 Å². The van der Waals surface area contributed by atoms with E-state index in [1.807, 2.05) is 76.5 Å². The lowest BCUT2D eigenvalue weighted by atomic mass is 9.35. The van der Waals surface area contributed by atoms with Gasteiger partial charge in [-0.1, -0.05) is 45.0 Å². The lowest BCUT2D eigenvalue weighted by molar-refractivity contribution is -0.218. The summed E-state index contributed by atoms with van der Waals surface area (Å²) in [6.07, 6.45) is 3.09. The fourth-order valence-corrected chi connectivity index (χ4v) is 8.41. The lowest BCUT2D eigenvalue weighted by Gasteiger charge is -2.69. The minimum Gasteiger partial charge on any atom is -0.477 e. The van der Waals surface area contributed by atoms with Crippen LogP contribution in [0.25, 0.3) is 10.4 Å². The number of halogens is 1. The van der Waals surface area contributed by atoms with E-state index < -0.39 is 29.0 Å². The number of pyridine rings is 1. The minimum atomic E-state index is -0.857. The number of ether oxygens (including phenoxy) is 1. The molecule has 7 rings (SSSR count).